The average molecular weight is 250 g/mol. The predicted octanol–water partition coefficient (Wildman–Crippen LogP) is 4.22. The number of hydrogen-bond donors (Lipinski definition) is 1. The predicted molar refractivity (Wildman–Crippen MR) is 77.6 cm³/mol. The van der Waals surface area contributed by atoms with Crippen molar-refractivity contribution in [2.45, 2.75) is 0 Å². The van der Waals surface area contributed by atoms with Crippen LogP contribution in [0.5, 0.6) is 11.5 Å². The fourth-order valence-electron chi connectivity index (χ4n) is 2.25. The molecule has 0 atom stereocenters. The highest BCUT2D eigenvalue weighted by atomic mass is 16.5. The van der Waals surface area contributed by atoms with Gasteiger partial charge in [0.1, 0.15) is 11.5 Å². The molecular formula is C17H14O2. The molecule has 94 valence electrons. The first kappa shape index (κ1) is 11.6. The Hall–Kier alpha value is -2.48. The van der Waals surface area contributed by atoms with Crippen LogP contribution in [0.15, 0.2) is 60.7 Å². The summed E-state index contributed by atoms with van der Waals surface area (Å²) >= 11 is 0. The van der Waals surface area contributed by atoms with E-state index in [4.69, 9.17) is 4.74 Å². The fourth-order valence-corrected chi connectivity index (χ4v) is 2.25. The monoisotopic (exact) mass is 250 g/mol. The van der Waals surface area contributed by atoms with Gasteiger partial charge < -0.3 is 9.84 Å². The second-order valence-electron chi connectivity index (χ2n) is 4.45. The molecule has 0 saturated carbocycles. The standard InChI is InChI=1S/C17H14O2/c1-19-15-8-4-7-14(9-15)16-10-12-5-2-3-6-13(12)11-17(16)18/h2-11,18H,1H3. The first-order chi connectivity index (χ1) is 9.28. The number of ether oxygens (including phenoxy) is 1. The number of methoxy groups -OCH3 is 1. The number of fused-ring (bicyclic) bond motifs is 1. The molecule has 2 nitrogen and oxygen atoms in total. The molecule has 0 radical (unpaired) electrons. The highest BCUT2D eigenvalue weighted by Gasteiger charge is 2.07. The summed E-state index contributed by atoms with van der Waals surface area (Å²) in [6.45, 7) is 0. The largest absolute Gasteiger partial charge is 0.507 e. The lowest BCUT2D eigenvalue weighted by Crippen LogP contribution is -1.85. The molecule has 0 bridgehead atoms. The lowest BCUT2D eigenvalue weighted by Gasteiger charge is -2.08. The summed E-state index contributed by atoms with van der Waals surface area (Å²) < 4.78 is 5.22. The van der Waals surface area contributed by atoms with Gasteiger partial charge in [0, 0.05) is 5.56 Å². The molecule has 0 heterocycles. The summed E-state index contributed by atoms with van der Waals surface area (Å²) in [5, 5.41) is 12.3. The van der Waals surface area contributed by atoms with Crippen LogP contribution in [0, 0.1) is 0 Å². The number of phenolic OH excluding ortho intramolecular Hbond substituents is 1. The van der Waals surface area contributed by atoms with Gasteiger partial charge >= 0.3 is 0 Å². The van der Waals surface area contributed by atoms with Crippen LogP contribution in [-0.4, -0.2) is 12.2 Å². The van der Waals surface area contributed by atoms with Gasteiger partial charge in [-0.25, -0.2) is 0 Å². The SMILES string of the molecule is COc1cccc(-c2cc3ccccc3cc2O)c1. The minimum Gasteiger partial charge on any atom is -0.507 e. The number of rotatable bonds is 2. The van der Waals surface area contributed by atoms with Crippen LogP contribution < -0.4 is 4.74 Å². The lowest BCUT2D eigenvalue weighted by atomic mass is 10.00. The number of benzene rings is 3. The molecule has 0 aliphatic carbocycles. The molecule has 3 rings (SSSR count). The number of phenols is 1. The Balaban J connectivity index is 2.20. The van der Waals surface area contributed by atoms with Crippen LogP contribution in [-0.2, 0) is 0 Å². The quantitative estimate of drug-likeness (QED) is 0.737. The molecule has 0 aromatic heterocycles. The third-order valence-electron chi connectivity index (χ3n) is 3.24. The zero-order valence-corrected chi connectivity index (χ0v) is 10.6. The second-order valence-corrected chi connectivity index (χ2v) is 4.45. The Morgan fingerprint density at radius 2 is 1.58 bits per heavy atom. The number of hydrogen-bond acceptors (Lipinski definition) is 2. The zero-order valence-electron chi connectivity index (χ0n) is 10.6. The van der Waals surface area contributed by atoms with Gasteiger partial charge in [-0.1, -0.05) is 36.4 Å². The van der Waals surface area contributed by atoms with Gasteiger partial charge in [-0.15, -0.1) is 0 Å². The van der Waals surface area contributed by atoms with E-state index in [0.29, 0.717) is 0 Å². The van der Waals surface area contributed by atoms with E-state index in [2.05, 4.69) is 0 Å². The van der Waals surface area contributed by atoms with Crippen LogP contribution in [0.4, 0.5) is 0 Å². The maximum absolute atomic E-state index is 10.2. The van der Waals surface area contributed by atoms with E-state index < -0.39 is 0 Å². The Morgan fingerprint density at radius 1 is 0.842 bits per heavy atom. The van der Waals surface area contributed by atoms with E-state index in [1.54, 1.807) is 13.2 Å². The van der Waals surface area contributed by atoms with Crippen molar-refractivity contribution in [3.05, 3.63) is 60.7 Å². The van der Waals surface area contributed by atoms with Crippen molar-refractivity contribution < 1.29 is 9.84 Å². The molecule has 0 fully saturated rings. The minimum absolute atomic E-state index is 0.284. The highest BCUT2D eigenvalue weighted by Crippen LogP contribution is 2.34. The van der Waals surface area contributed by atoms with Gasteiger partial charge in [0.15, 0.2) is 0 Å². The van der Waals surface area contributed by atoms with Crippen molar-refractivity contribution in [2.24, 2.45) is 0 Å². The van der Waals surface area contributed by atoms with Crippen molar-refractivity contribution >= 4 is 10.8 Å². The van der Waals surface area contributed by atoms with Crippen molar-refractivity contribution in [1.29, 1.82) is 0 Å². The summed E-state index contributed by atoms with van der Waals surface area (Å²) in [6.07, 6.45) is 0. The third-order valence-corrected chi connectivity index (χ3v) is 3.24. The molecule has 0 saturated heterocycles. The van der Waals surface area contributed by atoms with Crippen LogP contribution in [0.25, 0.3) is 21.9 Å². The van der Waals surface area contributed by atoms with Crippen molar-refractivity contribution in [3.63, 3.8) is 0 Å². The normalized spacial score (nSPS) is 10.6. The third kappa shape index (κ3) is 2.13. The van der Waals surface area contributed by atoms with E-state index in [9.17, 15) is 5.11 Å². The average Bonchev–Trinajstić information content (AvgIpc) is 2.46. The summed E-state index contributed by atoms with van der Waals surface area (Å²) in [5.74, 6) is 1.07. The van der Waals surface area contributed by atoms with E-state index in [1.807, 2.05) is 54.6 Å². The van der Waals surface area contributed by atoms with Crippen LogP contribution in [0.3, 0.4) is 0 Å². The van der Waals surface area contributed by atoms with Gasteiger partial charge in [-0.2, -0.15) is 0 Å². The first-order valence-corrected chi connectivity index (χ1v) is 6.14. The first-order valence-electron chi connectivity index (χ1n) is 6.14. The molecule has 3 aromatic rings. The maximum atomic E-state index is 10.2. The van der Waals surface area contributed by atoms with E-state index >= 15 is 0 Å². The topological polar surface area (TPSA) is 29.5 Å². The van der Waals surface area contributed by atoms with Crippen molar-refractivity contribution in [1.82, 2.24) is 0 Å². The van der Waals surface area contributed by atoms with Crippen LogP contribution in [0.1, 0.15) is 0 Å². The van der Waals surface area contributed by atoms with Crippen LogP contribution in [0.2, 0.25) is 0 Å². The smallest absolute Gasteiger partial charge is 0.124 e. The van der Waals surface area contributed by atoms with Gasteiger partial charge in [0.2, 0.25) is 0 Å². The van der Waals surface area contributed by atoms with Gasteiger partial charge in [-0.3, -0.25) is 0 Å². The van der Waals surface area contributed by atoms with Crippen molar-refractivity contribution in [3.8, 4) is 22.6 Å². The summed E-state index contributed by atoms with van der Waals surface area (Å²) in [7, 11) is 1.64. The molecule has 0 amide bonds. The van der Waals surface area contributed by atoms with E-state index in [0.717, 1.165) is 27.6 Å². The minimum atomic E-state index is 0.284. The summed E-state index contributed by atoms with van der Waals surface area (Å²) in [5.41, 5.74) is 1.76. The molecule has 19 heavy (non-hydrogen) atoms. The molecule has 1 N–H and O–H groups in total. The Labute approximate surface area is 111 Å². The lowest BCUT2D eigenvalue weighted by molar-refractivity contribution is 0.415. The molecule has 3 aromatic carbocycles. The van der Waals surface area contributed by atoms with Gasteiger partial charge in [0.25, 0.3) is 0 Å². The molecule has 0 spiro atoms. The Morgan fingerprint density at radius 3 is 2.32 bits per heavy atom. The zero-order chi connectivity index (χ0) is 13.2. The van der Waals surface area contributed by atoms with Gasteiger partial charge in [0.05, 0.1) is 7.11 Å². The van der Waals surface area contributed by atoms with Crippen LogP contribution >= 0.6 is 0 Å². The summed E-state index contributed by atoms with van der Waals surface area (Å²) in [4.78, 5) is 0. The van der Waals surface area contributed by atoms with Crippen molar-refractivity contribution in [2.75, 3.05) is 7.11 Å². The molecule has 2 heteroatoms. The molecule has 0 aliphatic heterocycles. The fraction of sp³-hybridized carbons (Fsp3) is 0.0588. The second kappa shape index (κ2) is 4.65. The highest BCUT2D eigenvalue weighted by molar-refractivity contribution is 5.90. The Bertz CT molecular complexity index is 732. The number of aromatic hydroxyl groups is 1. The van der Waals surface area contributed by atoms with E-state index in [-0.39, 0.29) is 5.75 Å². The molecule has 0 unspecified atom stereocenters. The van der Waals surface area contributed by atoms with Gasteiger partial charge in [-0.05, 0) is 40.6 Å². The molecule has 0 aliphatic rings. The molecular weight excluding hydrogens is 236 g/mol. The Kier molecular flexibility index (Phi) is 2.84. The maximum Gasteiger partial charge on any atom is 0.124 e. The summed E-state index contributed by atoms with van der Waals surface area (Å²) in [6, 6.07) is 19.5. The van der Waals surface area contributed by atoms with E-state index in [1.165, 1.54) is 0 Å².